The molecule has 0 aliphatic rings. The van der Waals surface area contributed by atoms with Crippen LogP contribution in [0.25, 0.3) is 0 Å². The van der Waals surface area contributed by atoms with Gasteiger partial charge in [-0.3, -0.25) is 0 Å². The molecule has 0 amide bonds. The summed E-state index contributed by atoms with van der Waals surface area (Å²) in [7, 11) is 0. The van der Waals surface area contributed by atoms with E-state index in [0.29, 0.717) is 6.42 Å². The van der Waals surface area contributed by atoms with Gasteiger partial charge in [-0.25, -0.2) is 9.59 Å². The third kappa shape index (κ3) is 2.78. The smallest absolute Gasteiger partial charge is 0.333 e. The first-order chi connectivity index (χ1) is 5.13. The van der Waals surface area contributed by atoms with Crippen molar-refractivity contribution in [1.29, 1.82) is 0 Å². The van der Waals surface area contributed by atoms with Crippen LogP contribution in [0.2, 0.25) is 0 Å². The number of carbonyl (C=O) groups excluding carboxylic acids is 1. The molecule has 1 unspecified atom stereocenters. The third-order valence-corrected chi connectivity index (χ3v) is 1.27. The number of aliphatic imine (C=N–C) groups is 1. The lowest BCUT2D eigenvalue weighted by Gasteiger charge is -2.05. The van der Waals surface area contributed by atoms with E-state index in [1.807, 2.05) is 0 Å². The predicted octanol–water partition coefficient (Wildman–Crippen LogP) is 0.742. The number of carboxylic acid groups (broad SMARTS) is 1. The fourth-order valence-corrected chi connectivity index (χ4v) is 0.622. The van der Waals surface area contributed by atoms with Crippen LogP contribution in [-0.4, -0.2) is 23.2 Å². The molecule has 0 spiro atoms. The molecule has 4 heteroatoms. The second kappa shape index (κ2) is 4.41. The first-order valence-corrected chi connectivity index (χ1v) is 3.12. The van der Waals surface area contributed by atoms with Gasteiger partial charge in [-0.05, 0) is 6.42 Å². The average molecular weight is 155 g/mol. The quantitative estimate of drug-likeness (QED) is 0.370. The van der Waals surface area contributed by atoms with Crippen molar-refractivity contribution in [3.63, 3.8) is 0 Å². The molecule has 1 N–H and O–H groups in total. The minimum absolute atomic E-state index is 0.0733. The van der Waals surface area contributed by atoms with Crippen molar-refractivity contribution in [3.8, 4) is 0 Å². The van der Waals surface area contributed by atoms with E-state index in [-0.39, 0.29) is 5.57 Å². The van der Waals surface area contributed by atoms with Gasteiger partial charge in [0.05, 0.1) is 11.6 Å². The van der Waals surface area contributed by atoms with Crippen molar-refractivity contribution >= 4 is 12.0 Å². The van der Waals surface area contributed by atoms with Crippen LogP contribution in [0.4, 0.5) is 0 Å². The number of rotatable bonds is 4. The second-order valence-electron chi connectivity index (χ2n) is 1.97. The largest absolute Gasteiger partial charge is 0.478 e. The summed E-state index contributed by atoms with van der Waals surface area (Å²) in [5.74, 6) is -1.13. The van der Waals surface area contributed by atoms with Crippen LogP contribution in [0.15, 0.2) is 17.1 Å². The highest BCUT2D eigenvalue weighted by atomic mass is 16.4. The van der Waals surface area contributed by atoms with Gasteiger partial charge >= 0.3 is 5.97 Å². The highest BCUT2D eigenvalue weighted by molar-refractivity contribution is 5.87. The maximum absolute atomic E-state index is 10.3. The van der Waals surface area contributed by atoms with Crippen LogP contribution in [0.3, 0.4) is 0 Å². The van der Waals surface area contributed by atoms with Crippen LogP contribution in [0, 0.1) is 0 Å². The predicted molar refractivity (Wildman–Crippen MR) is 39.0 cm³/mol. The van der Waals surface area contributed by atoms with E-state index in [1.54, 1.807) is 6.92 Å². The van der Waals surface area contributed by atoms with Gasteiger partial charge in [0.25, 0.3) is 0 Å². The summed E-state index contributed by atoms with van der Waals surface area (Å²) in [5, 5.41) is 8.42. The zero-order chi connectivity index (χ0) is 8.85. The monoisotopic (exact) mass is 155 g/mol. The molecule has 4 nitrogen and oxygen atoms in total. The molecule has 0 saturated carbocycles. The number of isocyanates is 1. The molecule has 0 fully saturated rings. The molecule has 11 heavy (non-hydrogen) atoms. The molecule has 0 rings (SSSR count). The standard InChI is InChI=1S/C7H9NO3/c1-3-6(8-4-9)5(2)7(10)11/h6H,2-3H2,1H3,(H,10,11). The Balaban J connectivity index is 4.38. The van der Waals surface area contributed by atoms with E-state index in [1.165, 1.54) is 6.08 Å². The zero-order valence-corrected chi connectivity index (χ0v) is 6.20. The Kier molecular flexibility index (Phi) is 3.85. The van der Waals surface area contributed by atoms with Gasteiger partial charge in [0.2, 0.25) is 6.08 Å². The fraction of sp³-hybridized carbons (Fsp3) is 0.429. The molecule has 1 atom stereocenters. The van der Waals surface area contributed by atoms with Crippen LogP contribution in [0.5, 0.6) is 0 Å². The third-order valence-electron chi connectivity index (χ3n) is 1.27. The maximum atomic E-state index is 10.3. The maximum Gasteiger partial charge on any atom is 0.333 e. The van der Waals surface area contributed by atoms with Gasteiger partial charge in [0.1, 0.15) is 0 Å². The lowest BCUT2D eigenvalue weighted by molar-refractivity contribution is -0.132. The molecular formula is C7H9NO3. The van der Waals surface area contributed by atoms with Crippen molar-refractivity contribution in [2.45, 2.75) is 19.4 Å². The van der Waals surface area contributed by atoms with E-state index in [9.17, 15) is 9.59 Å². The van der Waals surface area contributed by atoms with E-state index in [2.05, 4.69) is 11.6 Å². The summed E-state index contributed by atoms with van der Waals surface area (Å²) in [6.45, 7) is 4.99. The highest BCUT2D eigenvalue weighted by Crippen LogP contribution is 2.07. The molecule has 0 bridgehead atoms. The number of nitrogens with zero attached hydrogens (tertiary/aromatic N) is 1. The Morgan fingerprint density at radius 1 is 1.82 bits per heavy atom. The van der Waals surface area contributed by atoms with Gasteiger partial charge in [0, 0.05) is 0 Å². The molecule has 0 aliphatic carbocycles. The first-order valence-electron chi connectivity index (χ1n) is 3.12. The molecule has 60 valence electrons. The van der Waals surface area contributed by atoms with E-state index in [0.717, 1.165) is 0 Å². The molecule has 0 saturated heterocycles. The lowest BCUT2D eigenvalue weighted by Crippen LogP contribution is -2.13. The lowest BCUT2D eigenvalue weighted by atomic mass is 10.1. The van der Waals surface area contributed by atoms with Crippen molar-refractivity contribution in [2.24, 2.45) is 4.99 Å². The van der Waals surface area contributed by atoms with Crippen LogP contribution in [0.1, 0.15) is 13.3 Å². The first kappa shape index (κ1) is 9.59. The summed E-state index contributed by atoms with van der Waals surface area (Å²) < 4.78 is 0. The van der Waals surface area contributed by atoms with Crippen LogP contribution in [-0.2, 0) is 9.59 Å². The highest BCUT2D eigenvalue weighted by Gasteiger charge is 2.14. The minimum Gasteiger partial charge on any atom is -0.478 e. The number of hydrogen-bond donors (Lipinski definition) is 1. The van der Waals surface area contributed by atoms with Crippen LogP contribution < -0.4 is 0 Å². The molecular weight excluding hydrogens is 146 g/mol. The molecule has 0 radical (unpaired) electrons. The Morgan fingerprint density at radius 3 is 2.64 bits per heavy atom. The summed E-state index contributed by atoms with van der Waals surface area (Å²) >= 11 is 0. The van der Waals surface area contributed by atoms with Crippen molar-refractivity contribution < 1.29 is 14.7 Å². The number of hydrogen-bond acceptors (Lipinski definition) is 3. The van der Waals surface area contributed by atoms with Crippen LogP contribution >= 0.6 is 0 Å². The molecule has 0 aromatic carbocycles. The van der Waals surface area contributed by atoms with Gasteiger partial charge in [0.15, 0.2) is 0 Å². The van der Waals surface area contributed by atoms with Gasteiger partial charge in [-0.15, -0.1) is 0 Å². The normalized spacial score (nSPS) is 11.4. The topological polar surface area (TPSA) is 66.7 Å². The Hall–Kier alpha value is -1.41. The number of aliphatic carboxylic acids is 1. The van der Waals surface area contributed by atoms with E-state index >= 15 is 0 Å². The summed E-state index contributed by atoms with van der Waals surface area (Å²) in [6, 6.07) is -0.634. The Morgan fingerprint density at radius 2 is 2.36 bits per heavy atom. The van der Waals surface area contributed by atoms with Crippen molar-refractivity contribution in [3.05, 3.63) is 12.2 Å². The van der Waals surface area contributed by atoms with E-state index < -0.39 is 12.0 Å². The molecule has 0 aliphatic heterocycles. The van der Waals surface area contributed by atoms with Gasteiger partial charge in [-0.2, -0.15) is 4.99 Å². The second-order valence-corrected chi connectivity index (χ2v) is 1.97. The fourth-order valence-electron chi connectivity index (χ4n) is 0.622. The Labute approximate surface area is 64.3 Å². The number of carboxylic acids is 1. The van der Waals surface area contributed by atoms with Crippen molar-refractivity contribution in [2.75, 3.05) is 0 Å². The zero-order valence-electron chi connectivity index (χ0n) is 6.20. The van der Waals surface area contributed by atoms with E-state index in [4.69, 9.17) is 5.11 Å². The van der Waals surface area contributed by atoms with Gasteiger partial charge < -0.3 is 5.11 Å². The molecule has 0 aromatic heterocycles. The summed E-state index contributed by atoms with van der Waals surface area (Å²) in [5.41, 5.74) is -0.0733. The average Bonchev–Trinajstić information content (AvgIpc) is 1.98. The summed E-state index contributed by atoms with van der Waals surface area (Å²) in [4.78, 5) is 23.3. The minimum atomic E-state index is -1.13. The summed E-state index contributed by atoms with van der Waals surface area (Å²) in [6.07, 6.45) is 1.75. The Bertz CT molecular complexity index is 216. The number of carbonyl (C=O) groups is 1. The van der Waals surface area contributed by atoms with Crippen molar-refractivity contribution in [1.82, 2.24) is 0 Å². The van der Waals surface area contributed by atoms with Gasteiger partial charge in [-0.1, -0.05) is 13.5 Å². The molecule has 0 heterocycles. The SMILES string of the molecule is C=C(C(=O)O)C(CC)N=C=O. The molecule has 0 aromatic rings.